The second kappa shape index (κ2) is 6.69. The molecule has 7 heteroatoms. The highest BCUT2D eigenvalue weighted by Gasteiger charge is 2.16. The highest BCUT2D eigenvalue weighted by molar-refractivity contribution is 6.30. The summed E-state index contributed by atoms with van der Waals surface area (Å²) in [5, 5.41) is 7.08. The number of halogens is 1. The standard InChI is InChI=1S/C13H18ClN5O/c14-9-4-6-10(7-5-9)19-12(17-18-13(19)20)11(16)3-1-2-8-15/h4-7,11H,1-3,8,15-16H2,(H,18,20)/t11-/m0/s1. The number of hydrogen-bond donors (Lipinski definition) is 3. The molecule has 0 aliphatic carbocycles. The highest BCUT2D eigenvalue weighted by Crippen LogP contribution is 2.18. The van der Waals surface area contributed by atoms with E-state index in [1.165, 1.54) is 4.57 Å². The molecule has 0 saturated heterocycles. The number of H-pyrrole nitrogens is 1. The molecule has 0 amide bonds. The van der Waals surface area contributed by atoms with Crippen molar-refractivity contribution < 1.29 is 0 Å². The molecule has 2 rings (SSSR count). The summed E-state index contributed by atoms with van der Waals surface area (Å²) in [5.74, 6) is 0.523. The van der Waals surface area contributed by atoms with Gasteiger partial charge in [0.2, 0.25) is 0 Å². The number of rotatable bonds is 6. The van der Waals surface area contributed by atoms with Crippen molar-refractivity contribution in [1.29, 1.82) is 0 Å². The zero-order valence-corrected chi connectivity index (χ0v) is 11.8. The highest BCUT2D eigenvalue weighted by atomic mass is 35.5. The Morgan fingerprint density at radius 2 is 2.00 bits per heavy atom. The molecule has 5 N–H and O–H groups in total. The van der Waals surface area contributed by atoms with Gasteiger partial charge in [0.1, 0.15) is 0 Å². The van der Waals surface area contributed by atoms with Crippen molar-refractivity contribution in [3.8, 4) is 5.69 Å². The Balaban J connectivity index is 2.27. The van der Waals surface area contributed by atoms with Crippen LogP contribution in [0.5, 0.6) is 0 Å². The van der Waals surface area contributed by atoms with Crippen LogP contribution in [0.4, 0.5) is 0 Å². The van der Waals surface area contributed by atoms with Gasteiger partial charge in [0.05, 0.1) is 11.7 Å². The minimum absolute atomic E-state index is 0.309. The van der Waals surface area contributed by atoms with Crippen LogP contribution < -0.4 is 17.2 Å². The van der Waals surface area contributed by atoms with Gasteiger partial charge in [-0.05, 0) is 43.7 Å². The maximum Gasteiger partial charge on any atom is 0.347 e. The number of aromatic nitrogens is 3. The molecule has 0 aliphatic heterocycles. The van der Waals surface area contributed by atoms with Gasteiger partial charge in [-0.1, -0.05) is 18.0 Å². The van der Waals surface area contributed by atoms with Gasteiger partial charge in [-0.3, -0.25) is 0 Å². The number of benzene rings is 1. The predicted molar refractivity (Wildman–Crippen MR) is 79.0 cm³/mol. The third-order valence-corrected chi connectivity index (χ3v) is 3.34. The van der Waals surface area contributed by atoms with Crippen molar-refractivity contribution in [2.45, 2.75) is 25.3 Å². The van der Waals surface area contributed by atoms with Crippen LogP contribution in [0.25, 0.3) is 5.69 Å². The van der Waals surface area contributed by atoms with E-state index < -0.39 is 0 Å². The smallest absolute Gasteiger partial charge is 0.330 e. The molecule has 1 heterocycles. The Bertz CT molecular complexity index is 604. The van der Waals surface area contributed by atoms with Crippen LogP contribution in [0, 0.1) is 0 Å². The number of unbranched alkanes of at least 4 members (excludes halogenated alkanes) is 1. The monoisotopic (exact) mass is 295 g/mol. The number of nitrogens with zero attached hydrogens (tertiary/aromatic N) is 2. The molecule has 0 unspecified atom stereocenters. The fraction of sp³-hybridized carbons (Fsp3) is 0.385. The molecule has 0 fully saturated rings. The molecular weight excluding hydrogens is 278 g/mol. The SMILES string of the molecule is NCCCC[C@H](N)c1n[nH]c(=O)n1-c1ccc(Cl)cc1. The summed E-state index contributed by atoms with van der Waals surface area (Å²) in [6.07, 6.45) is 2.54. The summed E-state index contributed by atoms with van der Waals surface area (Å²) in [6.45, 7) is 0.636. The lowest BCUT2D eigenvalue weighted by Gasteiger charge is -2.12. The zero-order valence-electron chi connectivity index (χ0n) is 11.1. The molecule has 20 heavy (non-hydrogen) atoms. The Hall–Kier alpha value is -1.63. The number of hydrogen-bond acceptors (Lipinski definition) is 4. The molecule has 1 aromatic heterocycles. The van der Waals surface area contributed by atoms with Gasteiger partial charge in [0.25, 0.3) is 0 Å². The number of nitrogens with two attached hydrogens (primary N) is 2. The van der Waals surface area contributed by atoms with Crippen molar-refractivity contribution in [2.75, 3.05) is 6.54 Å². The molecule has 1 atom stereocenters. The summed E-state index contributed by atoms with van der Waals surface area (Å²) in [6, 6.07) is 6.65. The van der Waals surface area contributed by atoms with E-state index in [9.17, 15) is 4.79 Å². The molecule has 6 nitrogen and oxygen atoms in total. The van der Waals surface area contributed by atoms with Crippen LogP contribution in [0.1, 0.15) is 31.1 Å². The first-order valence-corrected chi connectivity index (χ1v) is 6.90. The Labute approximate surface area is 121 Å². The second-order valence-corrected chi connectivity index (χ2v) is 5.03. The summed E-state index contributed by atoms with van der Waals surface area (Å²) >= 11 is 5.85. The molecule has 0 spiro atoms. The predicted octanol–water partition coefficient (Wildman–Crippen LogP) is 1.34. The lowest BCUT2D eigenvalue weighted by atomic mass is 10.1. The molecule has 0 aliphatic rings. The van der Waals surface area contributed by atoms with Gasteiger partial charge in [0, 0.05) is 5.02 Å². The topological polar surface area (TPSA) is 103 Å². The van der Waals surface area contributed by atoms with Gasteiger partial charge in [-0.2, -0.15) is 5.10 Å². The molecule has 0 saturated carbocycles. The first-order valence-electron chi connectivity index (χ1n) is 6.52. The van der Waals surface area contributed by atoms with Crippen LogP contribution in [-0.4, -0.2) is 21.3 Å². The van der Waals surface area contributed by atoms with Gasteiger partial charge in [0.15, 0.2) is 5.82 Å². The van der Waals surface area contributed by atoms with E-state index in [2.05, 4.69) is 10.2 Å². The Morgan fingerprint density at radius 1 is 1.30 bits per heavy atom. The average molecular weight is 296 g/mol. The molecule has 108 valence electrons. The number of aromatic amines is 1. The van der Waals surface area contributed by atoms with Gasteiger partial charge in [-0.15, -0.1) is 0 Å². The fourth-order valence-corrected chi connectivity index (χ4v) is 2.16. The largest absolute Gasteiger partial charge is 0.347 e. The maximum absolute atomic E-state index is 11.9. The third kappa shape index (κ3) is 3.27. The van der Waals surface area contributed by atoms with E-state index in [4.69, 9.17) is 23.1 Å². The van der Waals surface area contributed by atoms with E-state index in [1.54, 1.807) is 24.3 Å². The first-order chi connectivity index (χ1) is 9.63. The van der Waals surface area contributed by atoms with E-state index in [0.717, 1.165) is 19.3 Å². The second-order valence-electron chi connectivity index (χ2n) is 4.59. The lowest BCUT2D eigenvalue weighted by Crippen LogP contribution is -2.22. The molecule has 2 aromatic rings. The van der Waals surface area contributed by atoms with Crippen molar-refractivity contribution in [1.82, 2.24) is 14.8 Å². The minimum atomic E-state index is -0.309. The minimum Gasteiger partial charge on any atom is -0.330 e. The third-order valence-electron chi connectivity index (χ3n) is 3.08. The summed E-state index contributed by atoms with van der Waals surface area (Å²) < 4.78 is 1.48. The van der Waals surface area contributed by atoms with Crippen molar-refractivity contribution in [2.24, 2.45) is 11.5 Å². The number of nitrogens with one attached hydrogen (secondary N) is 1. The van der Waals surface area contributed by atoms with Crippen LogP contribution in [-0.2, 0) is 0 Å². The van der Waals surface area contributed by atoms with E-state index in [0.29, 0.717) is 23.1 Å². The van der Waals surface area contributed by atoms with Gasteiger partial charge < -0.3 is 11.5 Å². The Kier molecular flexibility index (Phi) is 4.94. The van der Waals surface area contributed by atoms with E-state index in [1.807, 2.05) is 0 Å². The molecular formula is C13H18ClN5O. The molecule has 1 aromatic carbocycles. The lowest BCUT2D eigenvalue weighted by molar-refractivity contribution is 0.557. The van der Waals surface area contributed by atoms with Crippen LogP contribution in [0.3, 0.4) is 0 Å². The normalized spacial score (nSPS) is 12.6. The van der Waals surface area contributed by atoms with Gasteiger partial charge in [-0.25, -0.2) is 14.5 Å². The first kappa shape index (κ1) is 14.8. The summed E-state index contributed by atoms with van der Waals surface area (Å²) in [4.78, 5) is 11.9. The van der Waals surface area contributed by atoms with Crippen molar-refractivity contribution in [3.05, 3.63) is 45.6 Å². The molecule has 0 radical (unpaired) electrons. The van der Waals surface area contributed by atoms with Gasteiger partial charge >= 0.3 is 5.69 Å². The van der Waals surface area contributed by atoms with Crippen molar-refractivity contribution in [3.63, 3.8) is 0 Å². The van der Waals surface area contributed by atoms with E-state index in [-0.39, 0.29) is 11.7 Å². The Morgan fingerprint density at radius 3 is 2.65 bits per heavy atom. The van der Waals surface area contributed by atoms with Crippen LogP contribution in [0.15, 0.2) is 29.1 Å². The quantitative estimate of drug-likeness (QED) is 0.700. The van der Waals surface area contributed by atoms with E-state index >= 15 is 0 Å². The van der Waals surface area contributed by atoms with Crippen LogP contribution >= 0.6 is 11.6 Å². The fourth-order valence-electron chi connectivity index (χ4n) is 2.04. The molecule has 0 bridgehead atoms. The van der Waals surface area contributed by atoms with Crippen LogP contribution in [0.2, 0.25) is 5.02 Å². The van der Waals surface area contributed by atoms with Crippen molar-refractivity contribution >= 4 is 11.6 Å². The summed E-state index contributed by atoms with van der Waals surface area (Å²) in [7, 11) is 0. The summed E-state index contributed by atoms with van der Waals surface area (Å²) in [5.41, 5.74) is 12.0. The zero-order chi connectivity index (χ0) is 14.5. The average Bonchev–Trinajstić information content (AvgIpc) is 2.82. The maximum atomic E-state index is 11.9.